The lowest BCUT2D eigenvalue weighted by Gasteiger charge is -2.19. The fourth-order valence-electron chi connectivity index (χ4n) is 2.53. The Morgan fingerprint density at radius 3 is 2.33 bits per heavy atom. The molecule has 0 aliphatic rings. The Morgan fingerprint density at radius 2 is 1.71 bits per heavy atom. The van der Waals surface area contributed by atoms with Gasteiger partial charge in [-0.05, 0) is 12.5 Å². The number of oxazole rings is 1. The molecule has 0 saturated heterocycles. The Kier molecular flexibility index (Phi) is 4.72. The number of benzene rings is 2. The maximum atomic E-state index is 11.8. The molecule has 3 N–H and O–H groups in total. The third-order valence-electron chi connectivity index (χ3n) is 3.79. The van der Waals surface area contributed by atoms with Crippen molar-refractivity contribution in [3.63, 3.8) is 0 Å². The zero-order chi connectivity index (χ0) is 16.9. The smallest absolute Gasteiger partial charge is 0.239 e. The Morgan fingerprint density at radius 1 is 1.08 bits per heavy atom. The van der Waals surface area contributed by atoms with Crippen LogP contribution >= 0.6 is 0 Å². The van der Waals surface area contributed by atoms with E-state index in [-0.39, 0.29) is 6.04 Å². The van der Waals surface area contributed by atoms with E-state index in [1.165, 1.54) is 0 Å². The molecule has 1 aromatic heterocycles. The molecule has 5 heteroatoms. The van der Waals surface area contributed by atoms with Gasteiger partial charge in [-0.15, -0.1) is 0 Å². The molecule has 5 nitrogen and oxygen atoms in total. The molecule has 0 radical (unpaired) electrons. The summed E-state index contributed by atoms with van der Waals surface area (Å²) >= 11 is 0. The van der Waals surface area contributed by atoms with Gasteiger partial charge in [-0.2, -0.15) is 0 Å². The van der Waals surface area contributed by atoms with Gasteiger partial charge in [0.15, 0.2) is 5.76 Å². The first-order chi connectivity index (χ1) is 11.6. The summed E-state index contributed by atoms with van der Waals surface area (Å²) in [6, 6.07) is 18.2. The van der Waals surface area contributed by atoms with Crippen molar-refractivity contribution in [2.45, 2.75) is 19.0 Å². The summed E-state index contributed by atoms with van der Waals surface area (Å²) in [7, 11) is 0. The van der Waals surface area contributed by atoms with Gasteiger partial charge in [-0.25, -0.2) is 4.98 Å². The standard InChI is InChI=1S/C19H19N3O2/c1-13(22-17(18(20)23)15-10-6-3-7-11-15)19-21-12-16(24-19)14-8-4-2-5-9-14/h2-13,17,22H,1H3,(H2,20,23)/t13-,17-/m0/s1. The lowest BCUT2D eigenvalue weighted by Crippen LogP contribution is -2.35. The molecule has 3 aromatic rings. The zero-order valence-electron chi connectivity index (χ0n) is 13.3. The Hall–Kier alpha value is -2.92. The second-order valence-corrected chi connectivity index (χ2v) is 5.56. The van der Waals surface area contributed by atoms with E-state index < -0.39 is 11.9 Å². The highest BCUT2D eigenvalue weighted by Crippen LogP contribution is 2.24. The molecule has 0 spiro atoms. The second kappa shape index (κ2) is 7.10. The minimum Gasteiger partial charge on any atom is -0.439 e. The molecule has 3 rings (SSSR count). The number of hydrogen-bond acceptors (Lipinski definition) is 4. The first-order valence-electron chi connectivity index (χ1n) is 7.76. The van der Waals surface area contributed by atoms with Crippen LogP contribution in [-0.4, -0.2) is 10.9 Å². The molecule has 122 valence electrons. The van der Waals surface area contributed by atoms with Crippen LogP contribution in [0.2, 0.25) is 0 Å². The third-order valence-corrected chi connectivity index (χ3v) is 3.79. The van der Waals surface area contributed by atoms with Crippen molar-refractivity contribution in [2.75, 3.05) is 0 Å². The minimum atomic E-state index is -0.603. The minimum absolute atomic E-state index is 0.264. The lowest BCUT2D eigenvalue weighted by molar-refractivity contribution is -0.120. The van der Waals surface area contributed by atoms with Crippen molar-refractivity contribution in [1.82, 2.24) is 10.3 Å². The van der Waals surface area contributed by atoms with Crippen molar-refractivity contribution in [1.29, 1.82) is 0 Å². The van der Waals surface area contributed by atoms with E-state index in [4.69, 9.17) is 10.2 Å². The number of rotatable bonds is 6. The maximum Gasteiger partial charge on any atom is 0.239 e. The number of nitrogens with zero attached hydrogens (tertiary/aromatic N) is 1. The number of hydrogen-bond donors (Lipinski definition) is 2. The summed E-state index contributed by atoms with van der Waals surface area (Å²) in [4.78, 5) is 16.1. The van der Waals surface area contributed by atoms with Crippen molar-refractivity contribution in [2.24, 2.45) is 5.73 Å². The van der Waals surface area contributed by atoms with E-state index in [9.17, 15) is 4.79 Å². The first-order valence-corrected chi connectivity index (χ1v) is 7.76. The molecule has 24 heavy (non-hydrogen) atoms. The van der Waals surface area contributed by atoms with Gasteiger partial charge in [0.25, 0.3) is 0 Å². The highest BCUT2D eigenvalue weighted by molar-refractivity contribution is 5.81. The third kappa shape index (κ3) is 3.52. The van der Waals surface area contributed by atoms with E-state index in [1.54, 1.807) is 6.20 Å². The van der Waals surface area contributed by atoms with E-state index in [1.807, 2.05) is 67.6 Å². The molecule has 0 aliphatic heterocycles. The van der Waals surface area contributed by atoms with Crippen LogP contribution in [0, 0.1) is 0 Å². The van der Waals surface area contributed by atoms with Crippen LogP contribution in [-0.2, 0) is 4.79 Å². The van der Waals surface area contributed by atoms with Crippen LogP contribution in [0.25, 0.3) is 11.3 Å². The predicted molar refractivity (Wildman–Crippen MR) is 91.9 cm³/mol. The van der Waals surface area contributed by atoms with E-state index in [0.29, 0.717) is 11.7 Å². The maximum absolute atomic E-state index is 11.8. The quantitative estimate of drug-likeness (QED) is 0.730. The number of primary amides is 1. The van der Waals surface area contributed by atoms with Crippen LogP contribution in [0.4, 0.5) is 0 Å². The molecule has 0 aliphatic carbocycles. The molecule has 2 atom stereocenters. The van der Waals surface area contributed by atoms with Gasteiger partial charge in [0.2, 0.25) is 11.8 Å². The van der Waals surface area contributed by atoms with Crippen molar-refractivity contribution in [3.8, 4) is 11.3 Å². The highest BCUT2D eigenvalue weighted by atomic mass is 16.4. The van der Waals surface area contributed by atoms with Gasteiger partial charge in [0, 0.05) is 5.56 Å². The molecule has 2 aromatic carbocycles. The zero-order valence-corrected chi connectivity index (χ0v) is 13.3. The Balaban J connectivity index is 1.78. The number of amides is 1. The Labute approximate surface area is 140 Å². The lowest BCUT2D eigenvalue weighted by atomic mass is 10.1. The summed E-state index contributed by atoms with van der Waals surface area (Å²) in [5.74, 6) is 0.758. The number of nitrogens with two attached hydrogens (primary N) is 1. The first kappa shape index (κ1) is 16.0. The molecule has 0 fully saturated rings. The molecule has 1 heterocycles. The summed E-state index contributed by atoms with van der Waals surface area (Å²) in [5, 5.41) is 3.18. The topological polar surface area (TPSA) is 81.1 Å². The van der Waals surface area contributed by atoms with Crippen LogP contribution in [0.15, 0.2) is 71.3 Å². The van der Waals surface area contributed by atoms with Gasteiger partial charge in [0.1, 0.15) is 6.04 Å². The predicted octanol–water partition coefficient (Wildman–Crippen LogP) is 3.22. The van der Waals surface area contributed by atoms with Gasteiger partial charge < -0.3 is 10.2 Å². The van der Waals surface area contributed by atoms with Gasteiger partial charge in [-0.1, -0.05) is 60.7 Å². The molecule has 1 amide bonds. The molecular formula is C19H19N3O2. The van der Waals surface area contributed by atoms with Crippen LogP contribution < -0.4 is 11.1 Å². The van der Waals surface area contributed by atoms with Gasteiger partial charge >= 0.3 is 0 Å². The SMILES string of the molecule is C[C@H](N[C@H](C(N)=O)c1ccccc1)c1ncc(-c2ccccc2)o1. The van der Waals surface area contributed by atoms with E-state index in [0.717, 1.165) is 11.1 Å². The summed E-state index contributed by atoms with van der Waals surface area (Å²) in [5.41, 5.74) is 7.31. The van der Waals surface area contributed by atoms with Gasteiger partial charge in [0.05, 0.1) is 12.2 Å². The van der Waals surface area contributed by atoms with Crippen molar-refractivity contribution < 1.29 is 9.21 Å². The van der Waals surface area contributed by atoms with Crippen LogP contribution in [0.1, 0.15) is 30.5 Å². The number of nitrogens with one attached hydrogen (secondary N) is 1. The van der Waals surface area contributed by atoms with Crippen molar-refractivity contribution >= 4 is 5.91 Å². The number of aromatic nitrogens is 1. The van der Waals surface area contributed by atoms with Crippen LogP contribution in [0.5, 0.6) is 0 Å². The fourth-order valence-corrected chi connectivity index (χ4v) is 2.53. The van der Waals surface area contributed by atoms with Crippen molar-refractivity contribution in [3.05, 3.63) is 78.3 Å². The highest BCUT2D eigenvalue weighted by Gasteiger charge is 2.22. The number of carbonyl (C=O) groups excluding carboxylic acids is 1. The molecule has 0 saturated carbocycles. The molecular weight excluding hydrogens is 302 g/mol. The summed E-state index contributed by atoms with van der Waals surface area (Å²) in [6.45, 7) is 1.89. The average molecular weight is 321 g/mol. The summed E-state index contributed by atoms with van der Waals surface area (Å²) in [6.07, 6.45) is 1.69. The van der Waals surface area contributed by atoms with E-state index >= 15 is 0 Å². The van der Waals surface area contributed by atoms with Crippen LogP contribution in [0.3, 0.4) is 0 Å². The fraction of sp³-hybridized carbons (Fsp3) is 0.158. The largest absolute Gasteiger partial charge is 0.439 e. The molecule has 0 bridgehead atoms. The summed E-state index contributed by atoms with van der Waals surface area (Å²) < 4.78 is 5.82. The normalized spacial score (nSPS) is 13.4. The van der Waals surface area contributed by atoms with Gasteiger partial charge in [-0.3, -0.25) is 10.1 Å². The van der Waals surface area contributed by atoms with E-state index in [2.05, 4.69) is 10.3 Å². The Bertz CT molecular complexity index is 800. The second-order valence-electron chi connectivity index (χ2n) is 5.56. The average Bonchev–Trinajstić information content (AvgIpc) is 3.11. The monoisotopic (exact) mass is 321 g/mol. The molecule has 0 unspecified atom stereocenters. The number of carbonyl (C=O) groups is 1.